The third kappa shape index (κ3) is 16.9. The standard InChI is InChI=1S/C15H17Cl2N3O2.C11H11Cl2N3O.2C9H6Cl2N2O.C9H8N2.2C2H6/c1-19(2)7-11-15(22)20(6-8-3-4-8)13-9(16)5-10(17)14(21)12(13)18-11;1-16(2)5-6-4-14-9-7(12)3-8(13)11(17)10(9)15-6;1-4-3-12-8-7(13-4)5(10)2-6(11)9(8)14;1-4-3-12-7-5(10)2-6(11)9(14)8(7)13-4;1-7-5-10-6-8-3-2-4-11-9(7)8;2*1-2/h5,8,21H,3-4,6-7H2,1-2H3;3-4,17H,5H2,1-2H3;2*2-3,14H,1H3;2-6H,1H3;2*1-2H3. The molecule has 10 aromatic rings. The number of hydrogen-bond donors (Lipinski definition) is 4. The molecule has 0 unspecified atom stereocenters. The molecule has 1 saturated carbocycles. The minimum absolute atomic E-state index is 0.0812. The lowest BCUT2D eigenvalue weighted by atomic mass is 10.2. The van der Waals surface area contributed by atoms with Crippen LogP contribution >= 0.6 is 92.8 Å². The Labute approximate surface area is 514 Å². The number of hydrogen-bond acceptors (Lipinski definition) is 16. The van der Waals surface area contributed by atoms with Gasteiger partial charge in [-0.05, 0) is 110 Å². The fourth-order valence-corrected chi connectivity index (χ4v) is 9.60. The molecule has 0 aliphatic heterocycles. The van der Waals surface area contributed by atoms with E-state index in [1.165, 1.54) is 24.3 Å². The second kappa shape index (κ2) is 30.5. The molecule has 0 saturated heterocycles. The largest absolute Gasteiger partial charge is 0.504 e. The van der Waals surface area contributed by atoms with Crippen LogP contribution in [0.5, 0.6) is 23.0 Å². The lowest BCUT2D eigenvalue weighted by Gasteiger charge is -2.16. The molecule has 6 heterocycles. The fraction of sp³-hybridized carbons (Fsp3) is 0.298. The van der Waals surface area contributed by atoms with Gasteiger partial charge in [0.15, 0.2) is 23.0 Å². The van der Waals surface area contributed by atoms with E-state index in [9.17, 15) is 25.2 Å². The van der Waals surface area contributed by atoms with Crippen LogP contribution in [-0.2, 0) is 19.6 Å². The van der Waals surface area contributed by atoms with Gasteiger partial charge < -0.3 is 34.8 Å². The van der Waals surface area contributed by atoms with E-state index in [2.05, 4.69) is 44.9 Å². The van der Waals surface area contributed by atoms with E-state index < -0.39 is 0 Å². The number of fused-ring (bicyclic) bond motifs is 5. The van der Waals surface area contributed by atoms with E-state index in [0.717, 1.165) is 40.7 Å². The third-order valence-corrected chi connectivity index (χ3v) is 13.6. The SMILES string of the molecule is CC.CC.CN(C)Cc1cnc2c(Cl)cc(Cl)c(O)c2n1.CN(C)Cc1nc2c(O)c(Cl)cc(Cl)c2n(CC2CC2)c1=O.Cc1cnc2c(Cl)cc(Cl)c(O)c2n1.Cc1cnc2c(O)c(Cl)cc(Cl)c2n1.Cc1cncc2cccnc12. The summed E-state index contributed by atoms with van der Waals surface area (Å²) < 4.78 is 1.64. The van der Waals surface area contributed by atoms with E-state index in [1.807, 2.05) is 97.1 Å². The van der Waals surface area contributed by atoms with Gasteiger partial charge in [0, 0.05) is 56.0 Å². The molecule has 4 N–H and O–H groups in total. The molecule has 0 bridgehead atoms. The predicted molar refractivity (Wildman–Crippen MR) is 335 cm³/mol. The number of rotatable bonds is 6. The number of phenolic OH excluding ortho intramolecular Hbond substituents is 4. The summed E-state index contributed by atoms with van der Waals surface area (Å²) in [5.41, 5.74) is 7.70. The second-order valence-electron chi connectivity index (χ2n) is 18.4. The van der Waals surface area contributed by atoms with Crippen LogP contribution in [0.3, 0.4) is 0 Å². The van der Waals surface area contributed by atoms with Crippen LogP contribution in [0.2, 0.25) is 40.2 Å². The van der Waals surface area contributed by atoms with E-state index in [-0.39, 0.29) is 54.2 Å². The van der Waals surface area contributed by atoms with Crippen molar-refractivity contribution >= 4 is 148 Å². The Hall–Kier alpha value is -5.96. The highest BCUT2D eigenvalue weighted by Crippen LogP contribution is 2.40. The second-order valence-corrected chi connectivity index (χ2v) is 21.6. The molecular weight excluding hydrogens is 1220 g/mol. The lowest BCUT2D eigenvalue weighted by Crippen LogP contribution is -2.29. The van der Waals surface area contributed by atoms with Crippen LogP contribution in [0.1, 0.15) is 68.9 Å². The first-order chi connectivity index (χ1) is 38.9. The average molecular weight is 1280 g/mol. The fourth-order valence-electron chi connectivity index (χ4n) is 7.55. The molecule has 17 nitrogen and oxygen atoms in total. The minimum atomic E-state index is -0.156. The third-order valence-electron chi connectivity index (χ3n) is 11.3. The van der Waals surface area contributed by atoms with Crippen molar-refractivity contribution in [2.45, 2.75) is 80.9 Å². The average Bonchev–Trinajstić information content (AvgIpc) is 3.31. The number of phenols is 4. The molecule has 1 fully saturated rings. The van der Waals surface area contributed by atoms with Gasteiger partial charge in [0.05, 0.1) is 74.5 Å². The van der Waals surface area contributed by atoms with Crippen LogP contribution in [0.25, 0.3) is 55.0 Å². The Balaban J connectivity index is 0.000000188. The highest BCUT2D eigenvalue weighted by Gasteiger charge is 2.26. The summed E-state index contributed by atoms with van der Waals surface area (Å²) in [6.45, 7) is 15.2. The van der Waals surface area contributed by atoms with Gasteiger partial charge in [-0.2, -0.15) is 0 Å². The summed E-state index contributed by atoms with van der Waals surface area (Å²) in [4.78, 5) is 54.1. The van der Waals surface area contributed by atoms with Crippen LogP contribution in [-0.4, -0.2) is 108 Å². The normalized spacial score (nSPS) is 11.6. The number of aromatic hydroxyl groups is 4. The van der Waals surface area contributed by atoms with Crippen molar-refractivity contribution in [2.75, 3.05) is 28.2 Å². The number of halogens is 8. The van der Waals surface area contributed by atoms with Crippen LogP contribution in [0.15, 0.2) is 78.4 Å². The van der Waals surface area contributed by atoms with E-state index in [1.54, 1.807) is 43.2 Å². The van der Waals surface area contributed by atoms with Crippen LogP contribution in [0, 0.1) is 26.7 Å². The monoisotopic (exact) mass is 1270 g/mol. The molecule has 25 heteroatoms. The quantitative estimate of drug-likeness (QED) is 0.121. The molecule has 434 valence electrons. The molecule has 0 atom stereocenters. The smallest absolute Gasteiger partial charge is 0.274 e. The summed E-state index contributed by atoms with van der Waals surface area (Å²) in [6, 6.07) is 9.75. The molecule has 1 aliphatic rings. The summed E-state index contributed by atoms with van der Waals surface area (Å²) in [7, 11) is 7.58. The van der Waals surface area contributed by atoms with Crippen molar-refractivity contribution in [1.29, 1.82) is 0 Å². The Morgan fingerprint density at radius 1 is 0.512 bits per heavy atom. The van der Waals surface area contributed by atoms with Gasteiger partial charge in [0.25, 0.3) is 5.56 Å². The zero-order valence-electron chi connectivity index (χ0n) is 46.6. The molecule has 0 amide bonds. The van der Waals surface area contributed by atoms with E-state index in [0.29, 0.717) is 95.6 Å². The van der Waals surface area contributed by atoms with Crippen molar-refractivity contribution in [3.8, 4) is 23.0 Å². The number of nitrogens with zero attached hydrogens (tertiary/aromatic N) is 12. The van der Waals surface area contributed by atoms with Gasteiger partial charge in [-0.15, -0.1) is 0 Å². The summed E-state index contributed by atoms with van der Waals surface area (Å²) >= 11 is 47.3. The van der Waals surface area contributed by atoms with Gasteiger partial charge in [0.1, 0.15) is 44.3 Å². The lowest BCUT2D eigenvalue weighted by molar-refractivity contribution is 0.392. The maximum atomic E-state index is 12.7. The van der Waals surface area contributed by atoms with Crippen LogP contribution < -0.4 is 5.56 Å². The van der Waals surface area contributed by atoms with Crippen molar-refractivity contribution in [3.05, 3.63) is 152 Å². The van der Waals surface area contributed by atoms with Gasteiger partial charge in [-0.1, -0.05) is 121 Å². The highest BCUT2D eigenvalue weighted by molar-refractivity contribution is 6.41. The molecular formula is C57H60Cl8N12O5. The number of benzene rings is 4. The van der Waals surface area contributed by atoms with Crippen LogP contribution in [0.4, 0.5) is 0 Å². The number of aryl methyl sites for hydroxylation is 3. The molecule has 6 aromatic heterocycles. The summed E-state index contributed by atoms with van der Waals surface area (Å²) in [5.74, 6) is 0.106. The van der Waals surface area contributed by atoms with Crippen molar-refractivity contribution < 1.29 is 20.4 Å². The minimum Gasteiger partial charge on any atom is -0.504 e. The molecule has 11 rings (SSSR count). The van der Waals surface area contributed by atoms with E-state index >= 15 is 0 Å². The van der Waals surface area contributed by atoms with Gasteiger partial charge in [-0.3, -0.25) is 24.7 Å². The summed E-state index contributed by atoms with van der Waals surface area (Å²) in [6.07, 6.45) is 12.4. The topological polar surface area (TPSA) is 225 Å². The zero-order chi connectivity index (χ0) is 60.9. The number of aromatic nitrogens is 10. The first kappa shape index (κ1) is 66.8. The zero-order valence-corrected chi connectivity index (χ0v) is 52.7. The van der Waals surface area contributed by atoms with Gasteiger partial charge in [0.2, 0.25) is 0 Å². The van der Waals surface area contributed by atoms with E-state index in [4.69, 9.17) is 92.8 Å². The molecule has 1 aliphatic carbocycles. The molecule has 0 radical (unpaired) electrons. The maximum absolute atomic E-state index is 12.7. The Morgan fingerprint density at radius 3 is 1.50 bits per heavy atom. The Bertz CT molecular complexity index is 3940. The predicted octanol–water partition coefficient (Wildman–Crippen LogP) is 15.5. The van der Waals surface area contributed by atoms with Crippen molar-refractivity contribution in [2.24, 2.45) is 5.92 Å². The summed E-state index contributed by atoms with van der Waals surface area (Å²) in [5, 5.41) is 42.5. The first-order valence-electron chi connectivity index (χ1n) is 25.4. The number of pyridine rings is 2. The Kier molecular flexibility index (Phi) is 24.9. The van der Waals surface area contributed by atoms with Crippen molar-refractivity contribution in [1.82, 2.24) is 59.2 Å². The first-order valence-corrected chi connectivity index (χ1v) is 28.4. The molecule has 4 aromatic carbocycles. The Morgan fingerprint density at radius 2 is 0.976 bits per heavy atom. The highest BCUT2D eigenvalue weighted by atomic mass is 35.5. The maximum Gasteiger partial charge on any atom is 0.274 e. The molecule has 0 spiro atoms. The van der Waals surface area contributed by atoms with Crippen molar-refractivity contribution in [3.63, 3.8) is 0 Å². The van der Waals surface area contributed by atoms with Gasteiger partial charge in [-0.25, -0.2) is 24.9 Å². The van der Waals surface area contributed by atoms with Gasteiger partial charge >= 0.3 is 0 Å². The molecule has 82 heavy (non-hydrogen) atoms.